The third-order valence-electron chi connectivity index (χ3n) is 3.37. The Bertz CT molecular complexity index is 594. The molecule has 1 unspecified atom stereocenters. The first-order chi connectivity index (χ1) is 8.79. The number of carbonyl (C=O) groups excluding carboxylic acids is 1. The highest BCUT2D eigenvalue weighted by Crippen LogP contribution is 2.31. The molecule has 1 aliphatic heterocycles. The zero-order chi connectivity index (χ0) is 12.5. The van der Waals surface area contributed by atoms with E-state index in [1.807, 2.05) is 35.4 Å². The number of hydrogen-bond acceptors (Lipinski definition) is 2. The Kier molecular flexibility index (Phi) is 2.92. The summed E-state index contributed by atoms with van der Waals surface area (Å²) in [5.41, 5.74) is 0.965. The highest BCUT2D eigenvalue weighted by molar-refractivity contribution is 6.18. The Labute approximate surface area is 110 Å². The molecule has 1 aromatic carbocycles. The number of fused-ring (bicyclic) bond motifs is 1. The summed E-state index contributed by atoms with van der Waals surface area (Å²) >= 11 is 5.86. The molecule has 0 bridgehead atoms. The minimum absolute atomic E-state index is 0.157. The fourth-order valence-corrected chi connectivity index (χ4v) is 2.67. The highest BCUT2D eigenvalue weighted by Gasteiger charge is 2.30. The monoisotopic (exact) mass is 260 g/mol. The van der Waals surface area contributed by atoms with Crippen molar-refractivity contribution in [1.82, 2.24) is 4.98 Å². The summed E-state index contributed by atoms with van der Waals surface area (Å²) in [5.74, 6) is 0.954. The minimum Gasteiger partial charge on any atom is -0.311 e. The van der Waals surface area contributed by atoms with Crippen LogP contribution in [-0.4, -0.2) is 23.3 Å². The lowest BCUT2D eigenvalue weighted by atomic mass is 10.1. The lowest BCUT2D eigenvalue weighted by Gasteiger charge is -2.18. The normalized spacial score (nSPS) is 19.7. The van der Waals surface area contributed by atoms with Crippen LogP contribution in [0.4, 0.5) is 5.69 Å². The fourth-order valence-electron chi connectivity index (χ4n) is 2.46. The Morgan fingerprint density at radius 1 is 1.39 bits per heavy atom. The first-order valence-corrected chi connectivity index (χ1v) is 6.52. The molecule has 1 saturated heterocycles. The summed E-state index contributed by atoms with van der Waals surface area (Å²) in [6, 6.07) is 7.90. The van der Waals surface area contributed by atoms with Crippen LogP contribution >= 0.6 is 11.6 Å². The van der Waals surface area contributed by atoms with Crippen LogP contribution in [-0.2, 0) is 4.79 Å². The van der Waals surface area contributed by atoms with E-state index in [0.29, 0.717) is 18.8 Å². The van der Waals surface area contributed by atoms with E-state index < -0.39 is 0 Å². The second-order valence-corrected chi connectivity index (χ2v) is 4.91. The number of aromatic nitrogens is 1. The third-order valence-corrected chi connectivity index (χ3v) is 3.81. The number of benzene rings is 1. The number of amides is 1. The van der Waals surface area contributed by atoms with E-state index in [9.17, 15) is 4.79 Å². The minimum atomic E-state index is 0.157. The molecule has 92 valence electrons. The number of rotatable bonds is 2. The molecule has 0 spiro atoms. The maximum atomic E-state index is 12.0. The molecular weight excluding hydrogens is 248 g/mol. The van der Waals surface area contributed by atoms with E-state index in [0.717, 1.165) is 16.5 Å². The van der Waals surface area contributed by atoms with Gasteiger partial charge in [0, 0.05) is 42.0 Å². The van der Waals surface area contributed by atoms with Gasteiger partial charge < -0.3 is 4.90 Å². The summed E-state index contributed by atoms with van der Waals surface area (Å²) in [4.78, 5) is 18.0. The molecule has 0 radical (unpaired) electrons. The van der Waals surface area contributed by atoms with Gasteiger partial charge in [-0.25, -0.2) is 0 Å². The molecular formula is C14H13ClN2O. The first kappa shape index (κ1) is 11.5. The summed E-state index contributed by atoms with van der Waals surface area (Å²) in [5, 5.41) is 2.12. The molecule has 1 atom stereocenters. The Morgan fingerprint density at radius 3 is 3.06 bits per heavy atom. The second-order valence-electron chi connectivity index (χ2n) is 4.60. The van der Waals surface area contributed by atoms with Gasteiger partial charge in [-0.3, -0.25) is 9.78 Å². The number of halogens is 1. The number of alkyl halides is 1. The quantitative estimate of drug-likeness (QED) is 0.778. The number of nitrogens with zero attached hydrogens (tertiary/aromatic N) is 2. The first-order valence-electron chi connectivity index (χ1n) is 5.98. The SMILES string of the molecule is O=C1CC(CCl)CN1c1cccc2cnccc12. The lowest BCUT2D eigenvalue weighted by Crippen LogP contribution is -2.24. The van der Waals surface area contributed by atoms with E-state index >= 15 is 0 Å². The van der Waals surface area contributed by atoms with Gasteiger partial charge in [0.2, 0.25) is 5.91 Å². The van der Waals surface area contributed by atoms with E-state index in [-0.39, 0.29) is 11.8 Å². The van der Waals surface area contributed by atoms with Gasteiger partial charge in [0.05, 0.1) is 5.69 Å². The zero-order valence-corrected chi connectivity index (χ0v) is 10.6. The summed E-state index contributed by atoms with van der Waals surface area (Å²) in [6.45, 7) is 0.712. The van der Waals surface area contributed by atoms with Crippen LogP contribution in [0.2, 0.25) is 0 Å². The second kappa shape index (κ2) is 4.58. The topological polar surface area (TPSA) is 33.2 Å². The molecule has 2 aromatic rings. The fraction of sp³-hybridized carbons (Fsp3) is 0.286. The number of hydrogen-bond donors (Lipinski definition) is 0. The number of carbonyl (C=O) groups is 1. The average Bonchev–Trinajstić information content (AvgIpc) is 2.79. The number of anilines is 1. The molecule has 0 aliphatic carbocycles. The molecule has 3 rings (SSSR count). The summed E-state index contributed by atoms with van der Waals surface area (Å²) < 4.78 is 0. The van der Waals surface area contributed by atoms with Gasteiger partial charge in [0.15, 0.2) is 0 Å². The molecule has 3 nitrogen and oxygen atoms in total. The zero-order valence-electron chi connectivity index (χ0n) is 9.84. The van der Waals surface area contributed by atoms with Crippen LogP contribution in [0, 0.1) is 5.92 Å². The maximum absolute atomic E-state index is 12.0. The molecule has 1 aromatic heterocycles. The van der Waals surface area contributed by atoms with E-state index in [1.165, 1.54) is 0 Å². The molecule has 18 heavy (non-hydrogen) atoms. The smallest absolute Gasteiger partial charge is 0.227 e. The average molecular weight is 261 g/mol. The molecule has 1 fully saturated rings. The van der Waals surface area contributed by atoms with Gasteiger partial charge in [0.1, 0.15) is 0 Å². The predicted octanol–water partition coefficient (Wildman–Crippen LogP) is 2.83. The molecule has 1 aliphatic rings. The summed E-state index contributed by atoms with van der Waals surface area (Å²) in [6.07, 6.45) is 4.12. The Hall–Kier alpha value is -1.61. The van der Waals surface area contributed by atoms with Gasteiger partial charge in [0.25, 0.3) is 0 Å². The standard InChI is InChI=1S/C14H13ClN2O/c15-7-10-6-14(18)17(9-10)13-3-1-2-11-8-16-5-4-12(11)13/h1-5,8,10H,6-7,9H2. The van der Waals surface area contributed by atoms with Crippen molar-refractivity contribution < 1.29 is 4.79 Å². The predicted molar refractivity (Wildman–Crippen MR) is 72.9 cm³/mol. The van der Waals surface area contributed by atoms with E-state index in [2.05, 4.69) is 4.98 Å². The molecule has 0 saturated carbocycles. The largest absolute Gasteiger partial charge is 0.311 e. The molecule has 1 amide bonds. The Morgan fingerprint density at radius 2 is 2.28 bits per heavy atom. The van der Waals surface area contributed by atoms with Crippen LogP contribution in [0.15, 0.2) is 36.7 Å². The van der Waals surface area contributed by atoms with Crippen molar-refractivity contribution in [1.29, 1.82) is 0 Å². The molecule has 2 heterocycles. The number of pyridine rings is 1. The van der Waals surface area contributed by atoms with Crippen molar-refractivity contribution in [2.75, 3.05) is 17.3 Å². The van der Waals surface area contributed by atoms with Crippen molar-refractivity contribution in [2.24, 2.45) is 5.92 Å². The van der Waals surface area contributed by atoms with Crippen LogP contribution < -0.4 is 4.90 Å². The molecule has 0 N–H and O–H groups in total. The highest BCUT2D eigenvalue weighted by atomic mass is 35.5. The van der Waals surface area contributed by atoms with E-state index in [4.69, 9.17) is 11.6 Å². The van der Waals surface area contributed by atoms with Crippen LogP contribution in [0.3, 0.4) is 0 Å². The van der Waals surface area contributed by atoms with Crippen molar-refractivity contribution in [3.8, 4) is 0 Å². The van der Waals surface area contributed by atoms with Gasteiger partial charge in [-0.1, -0.05) is 12.1 Å². The van der Waals surface area contributed by atoms with Gasteiger partial charge >= 0.3 is 0 Å². The Balaban J connectivity index is 2.07. The molecule has 4 heteroatoms. The maximum Gasteiger partial charge on any atom is 0.227 e. The van der Waals surface area contributed by atoms with Gasteiger partial charge in [-0.15, -0.1) is 11.6 Å². The lowest BCUT2D eigenvalue weighted by molar-refractivity contribution is -0.117. The van der Waals surface area contributed by atoms with Crippen molar-refractivity contribution in [3.05, 3.63) is 36.7 Å². The van der Waals surface area contributed by atoms with Crippen molar-refractivity contribution >= 4 is 34.0 Å². The van der Waals surface area contributed by atoms with Crippen LogP contribution in [0.1, 0.15) is 6.42 Å². The van der Waals surface area contributed by atoms with Crippen LogP contribution in [0.25, 0.3) is 10.8 Å². The van der Waals surface area contributed by atoms with Gasteiger partial charge in [-0.05, 0) is 18.1 Å². The van der Waals surface area contributed by atoms with Crippen LogP contribution in [0.5, 0.6) is 0 Å². The van der Waals surface area contributed by atoms with Crippen molar-refractivity contribution in [3.63, 3.8) is 0 Å². The summed E-state index contributed by atoms with van der Waals surface area (Å²) in [7, 11) is 0. The van der Waals surface area contributed by atoms with E-state index in [1.54, 1.807) is 6.20 Å². The third kappa shape index (κ3) is 1.85. The van der Waals surface area contributed by atoms with Gasteiger partial charge in [-0.2, -0.15) is 0 Å². The van der Waals surface area contributed by atoms with Crippen molar-refractivity contribution in [2.45, 2.75) is 6.42 Å².